The van der Waals surface area contributed by atoms with E-state index in [-0.39, 0.29) is 24.2 Å². The smallest absolute Gasteiger partial charge is 0.318 e. The number of aliphatic hydroxyl groups excluding tert-OH is 1. The normalized spacial score (nSPS) is 13.8. The van der Waals surface area contributed by atoms with Crippen LogP contribution in [0.25, 0.3) is 0 Å². The Kier molecular flexibility index (Phi) is 17.0. The SMILES string of the molecule is CC(C)[C@H](NC(=O)N(C)Cc1cccnc1)C(=O)N[C@@H](Cc1ccccc1)C[C@H](O)[C@H](Cc1ccccc1)NC(=O)[C@@H](NC(=O)N(C)Cc1cccnc1)C(C)C. The lowest BCUT2D eigenvalue weighted by Gasteiger charge is -2.32. The van der Waals surface area contributed by atoms with Gasteiger partial charge in [0.25, 0.3) is 0 Å². The molecule has 0 bridgehead atoms. The topological polar surface area (TPSA) is 169 Å². The van der Waals surface area contributed by atoms with Gasteiger partial charge in [-0.3, -0.25) is 19.6 Å². The summed E-state index contributed by atoms with van der Waals surface area (Å²) in [7, 11) is 3.31. The molecule has 0 aliphatic carbocycles. The Bertz CT molecular complexity index is 1830. The summed E-state index contributed by atoms with van der Waals surface area (Å²) in [4.78, 5) is 65.8. The maximum atomic E-state index is 14.0. The van der Waals surface area contributed by atoms with Crippen LogP contribution < -0.4 is 21.3 Å². The Balaban J connectivity index is 1.52. The summed E-state index contributed by atoms with van der Waals surface area (Å²) in [6, 6.07) is 22.5. The predicted molar refractivity (Wildman–Crippen MR) is 221 cm³/mol. The van der Waals surface area contributed by atoms with E-state index in [1.54, 1.807) is 51.0 Å². The number of benzene rings is 2. The Hall–Kier alpha value is -5.82. The molecule has 13 heteroatoms. The van der Waals surface area contributed by atoms with Gasteiger partial charge in [0, 0.05) is 58.0 Å². The number of hydrogen-bond acceptors (Lipinski definition) is 7. The monoisotopic (exact) mass is 778 g/mol. The second kappa shape index (κ2) is 22.1. The van der Waals surface area contributed by atoms with Crippen LogP contribution in [-0.4, -0.2) is 93.1 Å². The van der Waals surface area contributed by atoms with Gasteiger partial charge in [-0.05, 0) is 65.5 Å². The summed E-state index contributed by atoms with van der Waals surface area (Å²) in [5.41, 5.74) is 3.53. The minimum Gasteiger partial charge on any atom is -0.391 e. The zero-order valence-corrected chi connectivity index (χ0v) is 33.8. The predicted octanol–water partition coefficient (Wildman–Crippen LogP) is 4.71. The van der Waals surface area contributed by atoms with Crippen LogP contribution in [0.2, 0.25) is 0 Å². The number of rotatable bonds is 19. The van der Waals surface area contributed by atoms with Crippen molar-refractivity contribution in [2.24, 2.45) is 11.8 Å². The molecular formula is C44H58N8O5. The zero-order valence-electron chi connectivity index (χ0n) is 33.8. The molecule has 2 aromatic heterocycles. The minimum absolute atomic E-state index is 0.0879. The van der Waals surface area contributed by atoms with Crippen molar-refractivity contribution in [3.8, 4) is 0 Å². The van der Waals surface area contributed by atoms with Crippen molar-refractivity contribution in [1.82, 2.24) is 41.0 Å². The zero-order chi connectivity index (χ0) is 41.3. The molecule has 13 nitrogen and oxygen atoms in total. The fourth-order valence-corrected chi connectivity index (χ4v) is 6.49. The van der Waals surface area contributed by atoms with E-state index >= 15 is 0 Å². The highest BCUT2D eigenvalue weighted by Crippen LogP contribution is 2.17. The number of carbonyl (C=O) groups is 4. The van der Waals surface area contributed by atoms with Gasteiger partial charge in [0.05, 0.1) is 12.1 Å². The first-order valence-electron chi connectivity index (χ1n) is 19.5. The largest absolute Gasteiger partial charge is 0.391 e. The quantitative estimate of drug-likeness (QED) is 0.0919. The first-order valence-corrected chi connectivity index (χ1v) is 19.5. The number of carbonyl (C=O) groups excluding carboxylic acids is 4. The highest BCUT2D eigenvalue weighted by molar-refractivity contribution is 5.88. The standard InChI is InChI=1S/C44H58N8O5/c1-30(2)39(49-43(56)51(5)28-34-19-13-21-45-26-34)41(54)47-36(23-32-15-9-7-10-16-32)25-38(53)37(24-33-17-11-8-12-18-33)48-42(55)40(31(3)4)50-44(57)52(6)29-35-20-14-22-46-27-35/h7-22,26-27,30-31,36-40,53H,23-25,28-29H2,1-6H3,(H,47,54)(H,48,55)(H,49,56)(H,50,57)/t36-,37-,38-,39-,40-/m0/s1. The van der Waals surface area contributed by atoms with Gasteiger partial charge in [-0.2, -0.15) is 0 Å². The molecule has 0 spiro atoms. The van der Waals surface area contributed by atoms with Crippen LogP contribution in [-0.2, 0) is 35.5 Å². The molecule has 57 heavy (non-hydrogen) atoms. The van der Waals surface area contributed by atoms with Crippen molar-refractivity contribution < 1.29 is 24.3 Å². The number of urea groups is 2. The molecule has 0 aliphatic rings. The molecular weight excluding hydrogens is 721 g/mol. The Labute approximate surface area is 336 Å². The van der Waals surface area contributed by atoms with E-state index in [1.807, 2.05) is 100 Å². The van der Waals surface area contributed by atoms with Crippen LogP contribution in [0.5, 0.6) is 0 Å². The number of aliphatic hydroxyl groups is 1. The summed E-state index contributed by atoms with van der Waals surface area (Å²) in [5.74, 6) is -1.34. The fraction of sp³-hybridized carbons (Fsp3) is 0.409. The number of pyridine rings is 2. The van der Waals surface area contributed by atoms with Crippen molar-refractivity contribution in [3.05, 3.63) is 132 Å². The minimum atomic E-state index is -1.11. The van der Waals surface area contributed by atoms with Crippen molar-refractivity contribution in [2.75, 3.05) is 14.1 Å². The first-order chi connectivity index (χ1) is 27.3. The van der Waals surface area contributed by atoms with Crippen LogP contribution in [0, 0.1) is 11.8 Å². The van der Waals surface area contributed by atoms with E-state index in [0.29, 0.717) is 25.9 Å². The van der Waals surface area contributed by atoms with Gasteiger partial charge in [-0.15, -0.1) is 0 Å². The molecule has 2 heterocycles. The second-order valence-corrected chi connectivity index (χ2v) is 15.3. The highest BCUT2D eigenvalue weighted by Gasteiger charge is 2.33. The summed E-state index contributed by atoms with van der Waals surface area (Å²) in [6.45, 7) is 8.03. The molecule has 0 aliphatic heterocycles. The molecule has 5 atom stereocenters. The molecule has 0 fully saturated rings. The van der Waals surface area contributed by atoms with E-state index in [1.165, 1.54) is 9.80 Å². The van der Waals surface area contributed by atoms with E-state index in [2.05, 4.69) is 31.2 Å². The van der Waals surface area contributed by atoms with Gasteiger partial charge >= 0.3 is 12.1 Å². The lowest BCUT2D eigenvalue weighted by atomic mass is 9.92. The van der Waals surface area contributed by atoms with E-state index < -0.39 is 48.2 Å². The molecule has 0 radical (unpaired) electrons. The van der Waals surface area contributed by atoms with Crippen molar-refractivity contribution in [3.63, 3.8) is 0 Å². The summed E-state index contributed by atoms with van der Waals surface area (Å²) >= 11 is 0. The molecule has 0 saturated carbocycles. The summed E-state index contributed by atoms with van der Waals surface area (Å²) in [6.07, 6.45) is 6.36. The van der Waals surface area contributed by atoms with Crippen LogP contribution in [0.3, 0.4) is 0 Å². The molecule has 0 saturated heterocycles. The third kappa shape index (κ3) is 14.3. The molecule has 4 aromatic rings. The molecule has 4 rings (SSSR count). The van der Waals surface area contributed by atoms with Crippen LogP contribution >= 0.6 is 0 Å². The molecule has 2 aromatic carbocycles. The first kappa shape index (κ1) is 43.9. The van der Waals surface area contributed by atoms with Gasteiger partial charge in [-0.1, -0.05) is 100 Å². The van der Waals surface area contributed by atoms with Crippen LogP contribution in [0.1, 0.15) is 56.4 Å². The van der Waals surface area contributed by atoms with Gasteiger partial charge < -0.3 is 36.2 Å². The van der Waals surface area contributed by atoms with Gasteiger partial charge in [-0.25, -0.2) is 9.59 Å². The molecule has 0 unspecified atom stereocenters. The average molecular weight is 779 g/mol. The average Bonchev–Trinajstić information content (AvgIpc) is 3.19. The number of amides is 6. The lowest BCUT2D eigenvalue weighted by Crippen LogP contribution is -2.58. The van der Waals surface area contributed by atoms with E-state index in [4.69, 9.17) is 0 Å². The lowest BCUT2D eigenvalue weighted by molar-refractivity contribution is -0.126. The summed E-state index contributed by atoms with van der Waals surface area (Å²) in [5, 5.41) is 23.9. The van der Waals surface area contributed by atoms with E-state index in [0.717, 1.165) is 22.3 Å². The highest BCUT2D eigenvalue weighted by atomic mass is 16.3. The maximum absolute atomic E-state index is 14.0. The third-order valence-corrected chi connectivity index (χ3v) is 9.72. The second-order valence-electron chi connectivity index (χ2n) is 15.3. The van der Waals surface area contributed by atoms with Crippen molar-refractivity contribution >= 4 is 23.9 Å². The number of nitrogens with zero attached hydrogens (tertiary/aromatic N) is 4. The molecule has 6 amide bonds. The maximum Gasteiger partial charge on any atom is 0.318 e. The van der Waals surface area contributed by atoms with Crippen molar-refractivity contribution in [2.45, 2.75) is 90.3 Å². The van der Waals surface area contributed by atoms with E-state index in [9.17, 15) is 24.3 Å². The number of hydrogen-bond donors (Lipinski definition) is 5. The third-order valence-electron chi connectivity index (χ3n) is 9.72. The Morgan fingerprint density at radius 1 is 0.579 bits per heavy atom. The molecule has 5 N–H and O–H groups in total. The van der Waals surface area contributed by atoms with Gasteiger partial charge in [0.2, 0.25) is 11.8 Å². The van der Waals surface area contributed by atoms with Gasteiger partial charge in [0.1, 0.15) is 12.1 Å². The van der Waals surface area contributed by atoms with Crippen molar-refractivity contribution in [1.29, 1.82) is 0 Å². The fourth-order valence-electron chi connectivity index (χ4n) is 6.49. The van der Waals surface area contributed by atoms with Crippen LogP contribution in [0.4, 0.5) is 9.59 Å². The summed E-state index contributed by atoms with van der Waals surface area (Å²) < 4.78 is 0. The number of nitrogens with one attached hydrogen (secondary N) is 4. The molecule has 304 valence electrons. The Morgan fingerprint density at radius 3 is 1.42 bits per heavy atom. The Morgan fingerprint density at radius 2 is 1.00 bits per heavy atom. The number of aromatic nitrogens is 2. The van der Waals surface area contributed by atoms with Gasteiger partial charge in [0.15, 0.2) is 0 Å². The van der Waals surface area contributed by atoms with Crippen LogP contribution in [0.15, 0.2) is 110 Å².